The number of carboxylic acids is 1. The second-order valence-corrected chi connectivity index (χ2v) is 7.43. The van der Waals surface area contributed by atoms with Gasteiger partial charge in [-0.1, -0.05) is 37.3 Å². The van der Waals surface area contributed by atoms with Crippen LogP contribution in [0.2, 0.25) is 0 Å². The van der Waals surface area contributed by atoms with E-state index in [4.69, 9.17) is 4.98 Å². The molecule has 0 saturated heterocycles. The maximum absolute atomic E-state index is 13.5. The van der Waals surface area contributed by atoms with Gasteiger partial charge in [-0.25, -0.2) is 9.67 Å². The predicted molar refractivity (Wildman–Crippen MR) is 112 cm³/mol. The Kier molecular flexibility index (Phi) is 5.96. The number of benzene rings is 1. The molecule has 29 heavy (non-hydrogen) atoms. The highest BCUT2D eigenvalue weighted by atomic mass is 16.4. The maximum atomic E-state index is 13.5. The minimum Gasteiger partial charge on any atom is -0.480 e. The fourth-order valence-corrected chi connectivity index (χ4v) is 3.28. The SMILES string of the molecule is CCC(C)N(CC(=O)O)C(=O)c1cc(-c2ccccc2)nc2c1cnn2C(C)C. The van der Waals surface area contributed by atoms with Crippen molar-refractivity contribution < 1.29 is 14.7 Å². The Balaban J connectivity index is 2.22. The van der Waals surface area contributed by atoms with Gasteiger partial charge in [-0.2, -0.15) is 5.10 Å². The zero-order valence-electron chi connectivity index (χ0n) is 17.2. The molecule has 1 N–H and O–H groups in total. The lowest BCUT2D eigenvalue weighted by atomic mass is 10.0. The Labute approximate surface area is 170 Å². The quantitative estimate of drug-likeness (QED) is 0.654. The molecule has 0 spiro atoms. The molecule has 3 rings (SSSR count). The number of pyridine rings is 1. The van der Waals surface area contributed by atoms with Gasteiger partial charge in [-0.15, -0.1) is 0 Å². The summed E-state index contributed by atoms with van der Waals surface area (Å²) in [5.41, 5.74) is 2.57. The molecule has 1 amide bonds. The number of fused-ring (bicyclic) bond motifs is 1. The molecule has 1 aromatic carbocycles. The number of aromatic nitrogens is 3. The molecule has 0 aliphatic heterocycles. The van der Waals surface area contributed by atoms with E-state index in [9.17, 15) is 14.7 Å². The van der Waals surface area contributed by atoms with Crippen LogP contribution in [0, 0.1) is 0 Å². The van der Waals surface area contributed by atoms with E-state index >= 15 is 0 Å². The molecular formula is C22H26N4O3. The van der Waals surface area contributed by atoms with Crippen LogP contribution in [0.25, 0.3) is 22.3 Å². The molecular weight excluding hydrogens is 368 g/mol. The highest BCUT2D eigenvalue weighted by molar-refractivity contribution is 6.07. The van der Waals surface area contributed by atoms with Crippen molar-refractivity contribution in [3.05, 3.63) is 48.2 Å². The molecule has 152 valence electrons. The van der Waals surface area contributed by atoms with E-state index < -0.39 is 5.97 Å². The van der Waals surface area contributed by atoms with Crippen LogP contribution in [-0.4, -0.2) is 49.2 Å². The van der Waals surface area contributed by atoms with Crippen molar-refractivity contribution in [2.24, 2.45) is 0 Å². The molecule has 0 radical (unpaired) electrons. The van der Waals surface area contributed by atoms with Crippen LogP contribution in [0.4, 0.5) is 0 Å². The number of aliphatic carboxylic acids is 1. The Hall–Kier alpha value is -3.22. The van der Waals surface area contributed by atoms with Gasteiger partial charge in [0.25, 0.3) is 5.91 Å². The van der Waals surface area contributed by atoms with Crippen LogP contribution in [0.3, 0.4) is 0 Å². The minimum atomic E-state index is -1.04. The third-order valence-electron chi connectivity index (χ3n) is 5.05. The van der Waals surface area contributed by atoms with E-state index in [1.807, 2.05) is 58.0 Å². The van der Waals surface area contributed by atoms with Crippen molar-refractivity contribution in [1.29, 1.82) is 0 Å². The molecule has 1 atom stereocenters. The van der Waals surface area contributed by atoms with E-state index in [-0.39, 0.29) is 24.5 Å². The summed E-state index contributed by atoms with van der Waals surface area (Å²) in [6.07, 6.45) is 2.30. The zero-order chi connectivity index (χ0) is 21.1. The highest BCUT2D eigenvalue weighted by Crippen LogP contribution is 2.27. The Morgan fingerprint density at radius 2 is 1.86 bits per heavy atom. The predicted octanol–water partition coefficient (Wildman–Crippen LogP) is 4.00. The normalized spacial score (nSPS) is 12.3. The summed E-state index contributed by atoms with van der Waals surface area (Å²) in [5.74, 6) is -1.36. The van der Waals surface area contributed by atoms with Gasteiger partial charge in [0, 0.05) is 17.6 Å². The molecule has 0 bridgehead atoms. The summed E-state index contributed by atoms with van der Waals surface area (Å²) in [6.45, 7) is 7.44. The number of hydrogen-bond donors (Lipinski definition) is 1. The van der Waals surface area contributed by atoms with Gasteiger partial charge in [0.1, 0.15) is 6.54 Å². The van der Waals surface area contributed by atoms with Crippen molar-refractivity contribution in [2.75, 3.05) is 6.54 Å². The van der Waals surface area contributed by atoms with Crippen molar-refractivity contribution >= 4 is 22.9 Å². The molecule has 2 aromatic heterocycles. The van der Waals surface area contributed by atoms with Crippen LogP contribution in [0.1, 0.15) is 50.5 Å². The second-order valence-electron chi connectivity index (χ2n) is 7.43. The van der Waals surface area contributed by atoms with Crippen molar-refractivity contribution in [1.82, 2.24) is 19.7 Å². The zero-order valence-corrected chi connectivity index (χ0v) is 17.2. The first-order valence-corrected chi connectivity index (χ1v) is 9.79. The largest absolute Gasteiger partial charge is 0.480 e. The molecule has 0 saturated carbocycles. The van der Waals surface area contributed by atoms with Crippen molar-refractivity contribution in [3.63, 3.8) is 0 Å². The third-order valence-corrected chi connectivity index (χ3v) is 5.05. The van der Waals surface area contributed by atoms with Gasteiger partial charge >= 0.3 is 5.97 Å². The van der Waals surface area contributed by atoms with Crippen LogP contribution in [0.15, 0.2) is 42.6 Å². The number of carbonyl (C=O) groups is 2. The number of nitrogens with zero attached hydrogens (tertiary/aromatic N) is 4. The molecule has 2 heterocycles. The molecule has 0 fully saturated rings. The first kappa shape index (κ1) is 20.5. The van der Waals surface area contributed by atoms with Crippen molar-refractivity contribution in [2.45, 2.75) is 46.2 Å². The second kappa shape index (κ2) is 8.43. The summed E-state index contributed by atoms with van der Waals surface area (Å²) in [7, 11) is 0. The maximum Gasteiger partial charge on any atom is 0.323 e. The average molecular weight is 394 g/mol. The van der Waals surface area contributed by atoms with Crippen LogP contribution >= 0.6 is 0 Å². The summed E-state index contributed by atoms with van der Waals surface area (Å²) < 4.78 is 1.78. The summed E-state index contributed by atoms with van der Waals surface area (Å²) >= 11 is 0. The molecule has 7 nitrogen and oxygen atoms in total. The standard InChI is InChI=1S/C22H26N4O3/c1-5-15(4)25(13-20(27)28)22(29)17-11-19(16-9-7-6-8-10-16)24-21-18(17)12-23-26(21)14(2)3/h6-12,14-15H,5,13H2,1-4H3,(H,27,28). The van der Waals surface area contributed by atoms with Gasteiger partial charge in [-0.3, -0.25) is 9.59 Å². The summed E-state index contributed by atoms with van der Waals surface area (Å²) in [6, 6.07) is 11.2. The van der Waals surface area contributed by atoms with E-state index in [0.717, 1.165) is 5.56 Å². The summed E-state index contributed by atoms with van der Waals surface area (Å²) in [5, 5.41) is 14.4. The number of carboxylic acid groups (broad SMARTS) is 1. The first-order valence-electron chi connectivity index (χ1n) is 9.79. The molecule has 7 heteroatoms. The highest BCUT2D eigenvalue weighted by Gasteiger charge is 2.26. The Morgan fingerprint density at radius 1 is 1.17 bits per heavy atom. The van der Waals surface area contributed by atoms with Gasteiger partial charge < -0.3 is 10.0 Å². The average Bonchev–Trinajstić information content (AvgIpc) is 3.15. The van der Waals surface area contributed by atoms with Gasteiger partial charge in [0.15, 0.2) is 5.65 Å². The van der Waals surface area contributed by atoms with Gasteiger partial charge in [0.2, 0.25) is 0 Å². The molecule has 0 aliphatic carbocycles. The Bertz CT molecular complexity index is 1030. The summed E-state index contributed by atoms with van der Waals surface area (Å²) in [4.78, 5) is 31.0. The first-order chi connectivity index (χ1) is 13.8. The van der Waals surface area contributed by atoms with E-state index in [1.165, 1.54) is 4.90 Å². The topological polar surface area (TPSA) is 88.3 Å². The molecule has 0 aliphatic rings. The molecule has 1 unspecified atom stereocenters. The minimum absolute atomic E-state index is 0.0682. The van der Waals surface area contributed by atoms with Gasteiger partial charge in [-0.05, 0) is 33.3 Å². The van der Waals surface area contributed by atoms with E-state index in [1.54, 1.807) is 16.9 Å². The van der Waals surface area contributed by atoms with E-state index in [0.29, 0.717) is 28.7 Å². The monoisotopic (exact) mass is 394 g/mol. The van der Waals surface area contributed by atoms with E-state index in [2.05, 4.69) is 5.10 Å². The number of amides is 1. The lowest BCUT2D eigenvalue weighted by Crippen LogP contribution is -2.42. The Morgan fingerprint density at radius 3 is 2.45 bits per heavy atom. The number of rotatable bonds is 7. The van der Waals surface area contributed by atoms with Crippen LogP contribution in [-0.2, 0) is 4.79 Å². The fourth-order valence-electron chi connectivity index (χ4n) is 3.28. The number of hydrogen-bond acceptors (Lipinski definition) is 4. The molecule has 3 aromatic rings. The smallest absolute Gasteiger partial charge is 0.323 e. The van der Waals surface area contributed by atoms with Crippen LogP contribution < -0.4 is 0 Å². The van der Waals surface area contributed by atoms with Crippen LogP contribution in [0.5, 0.6) is 0 Å². The van der Waals surface area contributed by atoms with Gasteiger partial charge in [0.05, 0.1) is 22.8 Å². The number of carbonyl (C=O) groups excluding carboxylic acids is 1. The third kappa shape index (κ3) is 4.13. The van der Waals surface area contributed by atoms with Crippen molar-refractivity contribution in [3.8, 4) is 11.3 Å². The fraction of sp³-hybridized carbons (Fsp3) is 0.364. The lowest BCUT2D eigenvalue weighted by Gasteiger charge is -2.27. The lowest BCUT2D eigenvalue weighted by molar-refractivity contribution is -0.138.